The Hall–Kier alpha value is -5.47. The highest BCUT2D eigenvalue weighted by Crippen LogP contribution is 2.36. The van der Waals surface area contributed by atoms with E-state index in [1.54, 1.807) is 60.8 Å². The van der Waals surface area contributed by atoms with Crippen LogP contribution in [-0.4, -0.2) is 22.7 Å². The lowest BCUT2D eigenvalue weighted by atomic mass is 10.0. The molecule has 0 bridgehead atoms. The van der Waals surface area contributed by atoms with Gasteiger partial charge in [0.15, 0.2) is 0 Å². The monoisotopic (exact) mass is 626 g/mol. The minimum atomic E-state index is -0.534. The van der Waals surface area contributed by atoms with Gasteiger partial charge in [-0.1, -0.05) is 92.7 Å². The van der Waals surface area contributed by atoms with E-state index in [1.807, 2.05) is 78.9 Å². The SMILES string of the molecule is CC(C)c1ccc(/C=C(\NC(=O)c2ccccc2)C(=O)Nc2ccc(SC(C(=O)Nc3ccccn3)c3ccccc3)cc2)cc1. The number of nitrogens with one attached hydrogen (secondary N) is 3. The zero-order valence-corrected chi connectivity index (χ0v) is 26.3. The van der Waals surface area contributed by atoms with Gasteiger partial charge < -0.3 is 16.0 Å². The molecule has 1 atom stereocenters. The molecule has 46 heavy (non-hydrogen) atoms. The second-order valence-electron chi connectivity index (χ2n) is 10.8. The summed E-state index contributed by atoms with van der Waals surface area (Å²) in [4.78, 5) is 44.9. The van der Waals surface area contributed by atoms with Crippen LogP contribution in [-0.2, 0) is 9.59 Å². The zero-order valence-electron chi connectivity index (χ0n) is 25.5. The van der Waals surface area contributed by atoms with Crippen LogP contribution >= 0.6 is 11.8 Å². The summed E-state index contributed by atoms with van der Waals surface area (Å²) in [6, 6.07) is 38.8. The minimum Gasteiger partial charge on any atom is -0.321 e. The second kappa shape index (κ2) is 15.5. The number of carbonyl (C=O) groups is 3. The molecule has 0 aliphatic carbocycles. The van der Waals surface area contributed by atoms with Crippen molar-refractivity contribution < 1.29 is 14.4 Å². The molecule has 5 rings (SSSR count). The topological polar surface area (TPSA) is 100 Å². The Morgan fingerprint density at radius 3 is 1.98 bits per heavy atom. The number of thioether (sulfide) groups is 1. The number of benzene rings is 4. The van der Waals surface area contributed by atoms with Crippen molar-refractivity contribution in [2.24, 2.45) is 0 Å². The van der Waals surface area contributed by atoms with E-state index >= 15 is 0 Å². The van der Waals surface area contributed by atoms with Crippen molar-refractivity contribution in [3.63, 3.8) is 0 Å². The number of rotatable bonds is 11. The van der Waals surface area contributed by atoms with E-state index < -0.39 is 11.2 Å². The molecule has 1 heterocycles. The van der Waals surface area contributed by atoms with Crippen LogP contribution < -0.4 is 16.0 Å². The smallest absolute Gasteiger partial charge is 0.272 e. The third-order valence-corrected chi connectivity index (χ3v) is 8.33. The summed E-state index contributed by atoms with van der Waals surface area (Å²) in [5, 5.41) is 8.05. The van der Waals surface area contributed by atoms with Gasteiger partial charge in [-0.3, -0.25) is 14.4 Å². The summed E-state index contributed by atoms with van der Waals surface area (Å²) in [5.74, 6) is -0.195. The maximum atomic E-state index is 13.5. The molecule has 0 saturated carbocycles. The third-order valence-electron chi connectivity index (χ3n) is 7.07. The third kappa shape index (κ3) is 8.80. The number of nitrogens with zero attached hydrogens (tertiary/aromatic N) is 1. The van der Waals surface area contributed by atoms with E-state index in [9.17, 15) is 14.4 Å². The van der Waals surface area contributed by atoms with Crippen molar-refractivity contribution >= 4 is 47.1 Å². The van der Waals surface area contributed by atoms with Gasteiger partial charge in [-0.15, -0.1) is 11.8 Å². The average Bonchev–Trinajstić information content (AvgIpc) is 3.09. The van der Waals surface area contributed by atoms with E-state index in [4.69, 9.17) is 0 Å². The highest BCUT2D eigenvalue weighted by Gasteiger charge is 2.23. The van der Waals surface area contributed by atoms with Crippen LogP contribution in [0.2, 0.25) is 0 Å². The molecule has 0 aliphatic heterocycles. The van der Waals surface area contributed by atoms with Crippen LogP contribution in [0.15, 0.2) is 144 Å². The lowest BCUT2D eigenvalue weighted by Crippen LogP contribution is -2.30. The Morgan fingerprint density at radius 1 is 0.696 bits per heavy atom. The van der Waals surface area contributed by atoms with Crippen LogP contribution in [0.4, 0.5) is 11.5 Å². The highest BCUT2D eigenvalue weighted by molar-refractivity contribution is 8.00. The predicted molar refractivity (Wildman–Crippen MR) is 185 cm³/mol. The molecule has 230 valence electrons. The van der Waals surface area contributed by atoms with Gasteiger partial charge in [0.2, 0.25) is 5.91 Å². The van der Waals surface area contributed by atoms with E-state index in [0.717, 1.165) is 16.0 Å². The number of aromatic nitrogens is 1. The summed E-state index contributed by atoms with van der Waals surface area (Å²) in [7, 11) is 0. The summed E-state index contributed by atoms with van der Waals surface area (Å²) in [5.41, 5.74) is 3.91. The van der Waals surface area contributed by atoms with Crippen LogP contribution in [0.1, 0.15) is 52.1 Å². The first-order chi connectivity index (χ1) is 22.4. The van der Waals surface area contributed by atoms with Gasteiger partial charge in [0.25, 0.3) is 11.8 Å². The van der Waals surface area contributed by atoms with Gasteiger partial charge >= 0.3 is 0 Å². The van der Waals surface area contributed by atoms with E-state index in [-0.39, 0.29) is 17.5 Å². The van der Waals surface area contributed by atoms with Gasteiger partial charge in [-0.25, -0.2) is 4.98 Å². The first kappa shape index (κ1) is 31.9. The van der Waals surface area contributed by atoms with Crippen molar-refractivity contribution in [2.75, 3.05) is 10.6 Å². The van der Waals surface area contributed by atoms with Crippen LogP contribution in [0, 0.1) is 0 Å². The van der Waals surface area contributed by atoms with Gasteiger partial charge in [0.1, 0.15) is 16.8 Å². The maximum absolute atomic E-state index is 13.5. The Morgan fingerprint density at radius 2 is 1.35 bits per heavy atom. The number of pyridine rings is 1. The van der Waals surface area contributed by atoms with Gasteiger partial charge in [0.05, 0.1) is 0 Å². The number of amides is 3. The quantitative estimate of drug-likeness (QED) is 0.102. The Kier molecular flexibility index (Phi) is 10.8. The molecular formula is C38H34N4O3S. The van der Waals surface area contributed by atoms with Crippen molar-refractivity contribution in [3.8, 4) is 0 Å². The molecule has 4 aromatic carbocycles. The van der Waals surface area contributed by atoms with Crippen molar-refractivity contribution in [3.05, 3.63) is 162 Å². The van der Waals surface area contributed by atoms with E-state index in [2.05, 4.69) is 34.8 Å². The summed E-state index contributed by atoms with van der Waals surface area (Å²) in [6.45, 7) is 4.23. The van der Waals surface area contributed by atoms with Gasteiger partial charge in [-0.05, 0) is 77.2 Å². The fourth-order valence-corrected chi connectivity index (χ4v) is 5.59. The largest absolute Gasteiger partial charge is 0.321 e. The molecule has 7 nitrogen and oxygen atoms in total. The van der Waals surface area contributed by atoms with Gasteiger partial charge in [-0.2, -0.15) is 0 Å². The van der Waals surface area contributed by atoms with Crippen LogP contribution in [0.25, 0.3) is 6.08 Å². The summed E-state index contributed by atoms with van der Waals surface area (Å²) < 4.78 is 0. The van der Waals surface area contributed by atoms with Crippen LogP contribution in [0.3, 0.4) is 0 Å². The summed E-state index contributed by atoms with van der Waals surface area (Å²) >= 11 is 1.39. The number of hydrogen-bond donors (Lipinski definition) is 3. The molecule has 8 heteroatoms. The Balaban J connectivity index is 1.33. The Labute approximate surface area is 273 Å². The van der Waals surface area contributed by atoms with Crippen molar-refractivity contribution in [1.29, 1.82) is 0 Å². The van der Waals surface area contributed by atoms with Crippen LogP contribution in [0.5, 0.6) is 0 Å². The molecule has 0 saturated heterocycles. The standard InChI is InChI=1S/C38H34N4O3S/c1-26(2)28-18-16-27(17-19-28)25-33(41-36(43)30-13-7-4-8-14-30)37(44)40-31-20-22-32(23-21-31)46-35(29-11-5-3-6-12-29)38(45)42-34-15-9-10-24-39-34/h3-26,35H,1-2H3,(H,40,44)(H,41,43)(H,39,42,45)/b33-25-. The predicted octanol–water partition coefficient (Wildman–Crippen LogP) is 8.09. The van der Waals surface area contributed by atoms with Crippen molar-refractivity contribution in [1.82, 2.24) is 10.3 Å². The maximum Gasteiger partial charge on any atom is 0.272 e. The molecule has 0 spiro atoms. The normalized spacial score (nSPS) is 11.8. The fraction of sp³-hybridized carbons (Fsp3) is 0.105. The first-order valence-electron chi connectivity index (χ1n) is 14.9. The average molecular weight is 627 g/mol. The molecule has 0 fully saturated rings. The van der Waals surface area contributed by atoms with Crippen molar-refractivity contribution in [2.45, 2.75) is 29.9 Å². The highest BCUT2D eigenvalue weighted by atomic mass is 32.2. The second-order valence-corrected chi connectivity index (χ2v) is 12.0. The molecule has 5 aromatic rings. The first-order valence-corrected chi connectivity index (χ1v) is 15.8. The number of hydrogen-bond acceptors (Lipinski definition) is 5. The lowest BCUT2D eigenvalue weighted by Gasteiger charge is -2.17. The minimum absolute atomic E-state index is 0.111. The molecule has 0 radical (unpaired) electrons. The molecule has 3 N–H and O–H groups in total. The fourth-order valence-electron chi connectivity index (χ4n) is 4.57. The molecular weight excluding hydrogens is 593 g/mol. The zero-order chi connectivity index (χ0) is 32.3. The van der Waals surface area contributed by atoms with E-state index in [1.165, 1.54) is 17.3 Å². The molecule has 0 aliphatic rings. The number of carbonyl (C=O) groups excluding carboxylic acids is 3. The molecule has 1 unspecified atom stereocenters. The lowest BCUT2D eigenvalue weighted by molar-refractivity contribution is -0.116. The summed E-state index contributed by atoms with van der Waals surface area (Å²) in [6.07, 6.45) is 3.29. The Bertz CT molecular complexity index is 1790. The molecule has 3 amide bonds. The number of anilines is 2. The van der Waals surface area contributed by atoms with Gasteiger partial charge in [0, 0.05) is 22.3 Å². The van der Waals surface area contributed by atoms with E-state index in [0.29, 0.717) is 23.0 Å². The molecule has 1 aromatic heterocycles.